The van der Waals surface area contributed by atoms with Crippen LogP contribution >= 0.6 is 11.6 Å². The molecule has 3 heterocycles. The number of nitrogens with zero attached hydrogens (tertiary/aromatic N) is 3. The van der Waals surface area contributed by atoms with E-state index in [9.17, 15) is 14.0 Å². The Morgan fingerprint density at radius 3 is 2.63 bits per heavy atom. The number of ether oxygens (including phenoxy) is 3. The monoisotopic (exact) mass is 501 g/mol. The molecular formula is C25H25ClFN3O5. The molecule has 1 unspecified atom stereocenters. The maximum atomic E-state index is 14.7. The number of halogens is 2. The van der Waals surface area contributed by atoms with Gasteiger partial charge in [-0.05, 0) is 56.9 Å². The third kappa shape index (κ3) is 4.62. The molecule has 8 nitrogen and oxygen atoms in total. The number of methoxy groups -OCH3 is 1. The number of rotatable bonds is 6. The van der Waals surface area contributed by atoms with Crippen molar-refractivity contribution in [2.75, 3.05) is 20.3 Å². The molecule has 184 valence electrons. The van der Waals surface area contributed by atoms with Crippen LogP contribution in [0.2, 0.25) is 5.15 Å². The van der Waals surface area contributed by atoms with Crippen LogP contribution in [0.5, 0.6) is 5.75 Å². The largest absolute Gasteiger partial charge is 0.483 e. The Hall–Kier alpha value is -3.04. The first-order valence-corrected chi connectivity index (χ1v) is 12.0. The molecule has 2 aliphatic rings. The lowest BCUT2D eigenvalue weighted by Crippen LogP contribution is -2.29. The van der Waals surface area contributed by atoms with Crippen molar-refractivity contribution in [3.8, 4) is 5.75 Å². The second kappa shape index (κ2) is 9.54. The second-order valence-electron chi connectivity index (χ2n) is 8.89. The molecule has 0 spiro atoms. The highest BCUT2D eigenvalue weighted by Crippen LogP contribution is 2.39. The maximum Gasteiger partial charge on any atom is 0.360 e. The Bertz CT molecular complexity index is 1350. The van der Waals surface area contributed by atoms with Gasteiger partial charge in [-0.25, -0.2) is 19.2 Å². The van der Waals surface area contributed by atoms with E-state index in [1.807, 2.05) is 0 Å². The van der Waals surface area contributed by atoms with Gasteiger partial charge in [0.2, 0.25) is 0 Å². The molecule has 0 bridgehead atoms. The van der Waals surface area contributed by atoms with E-state index in [4.69, 9.17) is 30.8 Å². The van der Waals surface area contributed by atoms with Crippen LogP contribution in [0.1, 0.15) is 72.5 Å². The highest BCUT2D eigenvalue weighted by Gasteiger charge is 2.33. The van der Waals surface area contributed by atoms with Gasteiger partial charge in [0.15, 0.2) is 11.4 Å². The smallest absolute Gasteiger partial charge is 0.360 e. The minimum atomic E-state index is -0.759. The van der Waals surface area contributed by atoms with Gasteiger partial charge in [-0.1, -0.05) is 11.6 Å². The minimum absolute atomic E-state index is 0.0852. The Labute approximate surface area is 206 Å². The van der Waals surface area contributed by atoms with Crippen LogP contribution in [0.25, 0.3) is 10.9 Å². The number of aromatic nitrogens is 3. The van der Waals surface area contributed by atoms with E-state index >= 15 is 0 Å². The first kappa shape index (κ1) is 23.7. The van der Waals surface area contributed by atoms with Crippen LogP contribution < -0.4 is 10.3 Å². The summed E-state index contributed by atoms with van der Waals surface area (Å²) < 4.78 is 32.8. The van der Waals surface area contributed by atoms with E-state index in [2.05, 4.69) is 4.98 Å². The highest BCUT2D eigenvalue weighted by atomic mass is 35.5. The number of hydrogen-bond donors (Lipinski definition) is 0. The van der Waals surface area contributed by atoms with Crippen molar-refractivity contribution < 1.29 is 23.4 Å². The first-order valence-electron chi connectivity index (χ1n) is 11.6. The van der Waals surface area contributed by atoms with Gasteiger partial charge in [-0.2, -0.15) is 0 Å². The molecule has 5 rings (SSSR count). The summed E-state index contributed by atoms with van der Waals surface area (Å²) in [7, 11) is 1.23. The molecule has 0 amide bonds. The van der Waals surface area contributed by atoms with Gasteiger partial charge in [0.1, 0.15) is 22.9 Å². The van der Waals surface area contributed by atoms with Gasteiger partial charge >= 0.3 is 5.97 Å². The van der Waals surface area contributed by atoms with E-state index in [0.29, 0.717) is 24.3 Å². The van der Waals surface area contributed by atoms with Gasteiger partial charge in [0.25, 0.3) is 5.56 Å². The third-order valence-electron chi connectivity index (χ3n) is 6.47. The second-order valence-corrected chi connectivity index (χ2v) is 9.27. The molecule has 35 heavy (non-hydrogen) atoms. The van der Waals surface area contributed by atoms with E-state index < -0.39 is 17.9 Å². The van der Waals surface area contributed by atoms with E-state index in [0.717, 1.165) is 31.5 Å². The summed E-state index contributed by atoms with van der Waals surface area (Å²) in [5, 5.41) is 0.311. The normalized spacial score (nSPS) is 17.4. The average Bonchev–Trinajstić information content (AvgIpc) is 3.70. The summed E-state index contributed by atoms with van der Waals surface area (Å²) in [6, 6.07) is 5.63. The van der Waals surface area contributed by atoms with Gasteiger partial charge in [-0.3, -0.25) is 9.36 Å². The Kier molecular flexibility index (Phi) is 6.46. The van der Waals surface area contributed by atoms with Crippen LogP contribution in [0.15, 0.2) is 29.1 Å². The van der Waals surface area contributed by atoms with Crippen molar-refractivity contribution >= 4 is 28.5 Å². The predicted octanol–water partition coefficient (Wildman–Crippen LogP) is 4.74. The lowest BCUT2D eigenvalue weighted by molar-refractivity contribution is 0.0586. The summed E-state index contributed by atoms with van der Waals surface area (Å²) in [5.41, 5.74) is 0.456. The molecule has 1 saturated carbocycles. The summed E-state index contributed by atoms with van der Waals surface area (Å²) in [4.78, 5) is 34.7. The van der Waals surface area contributed by atoms with Crippen LogP contribution in [-0.2, 0) is 9.47 Å². The van der Waals surface area contributed by atoms with E-state index in [1.165, 1.54) is 31.4 Å². The molecule has 0 N–H and O–H groups in total. The van der Waals surface area contributed by atoms with Crippen molar-refractivity contribution in [1.82, 2.24) is 14.5 Å². The molecule has 2 fully saturated rings. The quantitative estimate of drug-likeness (QED) is 0.356. The van der Waals surface area contributed by atoms with Crippen LogP contribution in [0.3, 0.4) is 0 Å². The number of benzene rings is 1. The van der Waals surface area contributed by atoms with Crippen LogP contribution in [0.4, 0.5) is 4.39 Å². The van der Waals surface area contributed by atoms with Gasteiger partial charge in [0, 0.05) is 30.7 Å². The molecule has 2 aromatic heterocycles. The number of esters is 1. The molecular weight excluding hydrogens is 477 g/mol. The fourth-order valence-corrected chi connectivity index (χ4v) is 4.71. The third-order valence-corrected chi connectivity index (χ3v) is 6.68. The topological polar surface area (TPSA) is 92.5 Å². The van der Waals surface area contributed by atoms with Crippen molar-refractivity contribution in [2.45, 2.75) is 50.7 Å². The van der Waals surface area contributed by atoms with Crippen molar-refractivity contribution in [3.63, 3.8) is 0 Å². The SMILES string of the molecule is COC(=O)c1nc(Cl)ccc1OC(C)c1cc(F)cc2c(=O)n(C3CC3)c(C3CCOCC3)nc12. The lowest BCUT2D eigenvalue weighted by Gasteiger charge is -2.25. The summed E-state index contributed by atoms with van der Waals surface area (Å²) >= 11 is 5.94. The molecule has 1 aliphatic carbocycles. The Morgan fingerprint density at radius 2 is 1.94 bits per heavy atom. The summed E-state index contributed by atoms with van der Waals surface area (Å²) in [6.07, 6.45) is 2.60. The van der Waals surface area contributed by atoms with Gasteiger partial charge in [-0.15, -0.1) is 0 Å². The fraction of sp³-hybridized carbons (Fsp3) is 0.440. The number of carbonyl (C=O) groups excluding carboxylic acids is 1. The molecule has 1 saturated heterocycles. The molecule has 1 atom stereocenters. The summed E-state index contributed by atoms with van der Waals surface area (Å²) in [6.45, 7) is 2.92. The predicted molar refractivity (Wildman–Crippen MR) is 127 cm³/mol. The minimum Gasteiger partial charge on any atom is -0.483 e. The number of hydrogen-bond acceptors (Lipinski definition) is 7. The molecule has 1 aliphatic heterocycles. The van der Waals surface area contributed by atoms with Gasteiger partial charge < -0.3 is 14.2 Å². The van der Waals surface area contributed by atoms with Crippen molar-refractivity contribution in [2.24, 2.45) is 0 Å². The lowest BCUT2D eigenvalue weighted by atomic mass is 9.98. The number of carbonyl (C=O) groups is 1. The van der Waals surface area contributed by atoms with Crippen molar-refractivity contribution in [3.05, 3.63) is 62.7 Å². The Morgan fingerprint density at radius 1 is 1.20 bits per heavy atom. The zero-order valence-electron chi connectivity index (χ0n) is 19.4. The first-order chi connectivity index (χ1) is 16.9. The zero-order valence-corrected chi connectivity index (χ0v) is 20.2. The molecule has 1 aromatic carbocycles. The average molecular weight is 502 g/mol. The maximum absolute atomic E-state index is 14.7. The standard InChI is InChI=1S/C25H25ClFN3O5/c1-13(35-19-5-6-20(26)28-22(19)25(32)33-2)17-11-15(27)12-18-21(17)29-23(14-7-9-34-10-8-14)30(24(18)31)16-3-4-16/h5-6,11-14,16H,3-4,7-10H2,1-2H3. The fourth-order valence-electron chi connectivity index (χ4n) is 4.56. The zero-order chi connectivity index (χ0) is 24.7. The number of fused-ring (bicyclic) bond motifs is 1. The van der Waals surface area contributed by atoms with Crippen molar-refractivity contribution in [1.29, 1.82) is 0 Å². The van der Waals surface area contributed by atoms with E-state index in [1.54, 1.807) is 11.5 Å². The van der Waals surface area contributed by atoms with Gasteiger partial charge in [0.05, 0.1) is 18.0 Å². The molecule has 0 radical (unpaired) electrons. The van der Waals surface area contributed by atoms with Crippen LogP contribution in [0, 0.1) is 5.82 Å². The van der Waals surface area contributed by atoms with E-state index in [-0.39, 0.29) is 39.5 Å². The Balaban J connectivity index is 1.62. The highest BCUT2D eigenvalue weighted by molar-refractivity contribution is 6.29. The number of pyridine rings is 1. The molecule has 10 heteroatoms. The molecule has 3 aromatic rings. The summed E-state index contributed by atoms with van der Waals surface area (Å²) in [5.74, 6) is -0.350. The van der Waals surface area contributed by atoms with Crippen LogP contribution in [-0.4, -0.2) is 40.8 Å².